The lowest BCUT2D eigenvalue weighted by Crippen LogP contribution is -2.42. The molecule has 0 bridgehead atoms. The molecule has 0 radical (unpaired) electrons. The second-order valence-corrected chi connectivity index (χ2v) is 9.93. The number of fused-ring (bicyclic) bond motifs is 1. The van der Waals surface area contributed by atoms with Gasteiger partial charge in [-0.15, -0.1) is 0 Å². The fourth-order valence-electron chi connectivity index (χ4n) is 5.65. The van der Waals surface area contributed by atoms with E-state index in [0.717, 1.165) is 32.2 Å². The van der Waals surface area contributed by atoms with Crippen LogP contribution < -0.4 is 4.74 Å². The molecule has 1 atom stereocenters. The molecule has 2 fully saturated rings. The van der Waals surface area contributed by atoms with Crippen LogP contribution in [0.5, 0.6) is 5.75 Å². The van der Waals surface area contributed by atoms with Crippen molar-refractivity contribution in [3.8, 4) is 5.75 Å². The average molecular weight is 461 g/mol. The number of nitrogens with zero attached hydrogens (tertiary/aromatic N) is 2. The number of ketones is 1. The summed E-state index contributed by atoms with van der Waals surface area (Å²) in [6.45, 7) is 2.88. The summed E-state index contributed by atoms with van der Waals surface area (Å²) < 4.78 is 5.12. The molecule has 5 rings (SSSR count). The topological polar surface area (TPSA) is 66.9 Å². The quantitative estimate of drug-likeness (QED) is 0.614. The summed E-state index contributed by atoms with van der Waals surface area (Å²) >= 11 is 0. The van der Waals surface area contributed by atoms with Gasteiger partial charge in [0.2, 0.25) is 11.8 Å². The number of carbonyl (C=O) groups is 3. The van der Waals surface area contributed by atoms with Crippen LogP contribution in [0.25, 0.3) is 0 Å². The molecule has 6 heteroatoms. The summed E-state index contributed by atoms with van der Waals surface area (Å²) in [6.07, 6.45) is 4.08. The Hall–Kier alpha value is -3.15. The van der Waals surface area contributed by atoms with Crippen LogP contribution in [0.4, 0.5) is 0 Å². The van der Waals surface area contributed by atoms with Gasteiger partial charge in [0.05, 0.1) is 7.11 Å². The van der Waals surface area contributed by atoms with Crippen LogP contribution in [0, 0.1) is 11.3 Å². The van der Waals surface area contributed by atoms with Gasteiger partial charge >= 0.3 is 0 Å². The summed E-state index contributed by atoms with van der Waals surface area (Å²) in [4.78, 5) is 42.3. The standard InChI is InChI=1S/C28H32N2O4/c1-34-23-8-6-21(7-9-23)25(31)10-11-26(32)29-16-13-28(14-17-29)18-24(28)27(33)30-15-12-20-4-2-3-5-22(20)19-30/h2-9,24H,10-19H2,1H3. The van der Waals surface area contributed by atoms with Gasteiger partial charge in [-0.25, -0.2) is 0 Å². The first-order valence-corrected chi connectivity index (χ1v) is 12.3. The number of amides is 2. The molecule has 0 N–H and O–H groups in total. The highest BCUT2D eigenvalue weighted by Crippen LogP contribution is 2.60. The third-order valence-corrected chi connectivity index (χ3v) is 8.02. The van der Waals surface area contributed by atoms with Crippen LogP contribution in [0.2, 0.25) is 0 Å². The van der Waals surface area contributed by atoms with Gasteiger partial charge < -0.3 is 14.5 Å². The maximum absolute atomic E-state index is 13.2. The van der Waals surface area contributed by atoms with Gasteiger partial charge in [-0.05, 0) is 66.5 Å². The van der Waals surface area contributed by atoms with Crippen molar-refractivity contribution in [3.63, 3.8) is 0 Å². The average Bonchev–Trinajstić information content (AvgIpc) is 3.59. The molecular formula is C28H32N2O4. The summed E-state index contributed by atoms with van der Waals surface area (Å²) in [6, 6.07) is 15.4. The van der Waals surface area contributed by atoms with Crippen molar-refractivity contribution in [3.05, 3.63) is 65.2 Å². The normalized spacial score (nSPS) is 20.6. The Balaban J connectivity index is 1.09. The van der Waals surface area contributed by atoms with Crippen molar-refractivity contribution >= 4 is 17.6 Å². The Bertz CT molecular complexity index is 1090. The van der Waals surface area contributed by atoms with Crippen molar-refractivity contribution < 1.29 is 19.1 Å². The molecule has 2 aliphatic heterocycles. The van der Waals surface area contributed by atoms with E-state index in [4.69, 9.17) is 4.74 Å². The second-order valence-electron chi connectivity index (χ2n) is 9.93. The highest BCUT2D eigenvalue weighted by Gasteiger charge is 2.59. The molecule has 1 aliphatic carbocycles. The van der Waals surface area contributed by atoms with E-state index in [1.165, 1.54) is 11.1 Å². The molecule has 1 unspecified atom stereocenters. The number of hydrogen-bond donors (Lipinski definition) is 0. The predicted molar refractivity (Wildman–Crippen MR) is 128 cm³/mol. The van der Waals surface area contributed by atoms with E-state index < -0.39 is 0 Å². The molecule has 1 saturated heterocycles. The first kappa shape index (κ1) is 22.6. The van der Waals surface area contributed by atoms with Crippen LogP contribution in [0.15, 0.2) is 48.5 Å². The lowest BCUT2D eigenvalue weighted by atomic mass is 9.89. The number of likely N-dealkylation sites (tertiary alicyclic amines) is 1. The van der Waals surface area contributed by atoms with Crippen molar-refractivity contribution in [1.29, 1.82) is 0 Å². The zero-order valence-corrected chi connectivity index (χ0v) is 19.8. The molecule has 1 spiro atoms. The Labute approximate surface area is 200 Å². The SMILES string of the molecule is COc1ccc(C(=O)CCC(=O)N2CCC3(CC2)CC3C(=O)N2CCc3ccccc3C2)cc1. The Kier molecular flexibility index (Phi) is 6.15. The van der Waals surface area contributed by atoms with E-state index >= 15 is 0 Å². The third-order valence-electron chi connectivity index (χ3n) is 8.02. The van der Waals surface area contributed by atoms with Gasteiger partial charge in [-0.1, -0.05) is 24.3 Å². The molecule has 2 heterocycles. The molecule has 1 saturated carbocycles. The van der Waals surface area contributed by atoms with E-state index in [-0.39, 0.29) is 35.9 Å². The monoisotopic (exact) mass is 460 g/mol. The second kappa shape index (κ2) is 9.24. The van der Waals surface area contributed by atoms with E-state index in [1.54, 1.807) is 31.4 Å². The fraction of sp³-hybridized carbons (Fsp3) is 0.464. The maximum Gasteiger partial charge on any atom is 0.226 e. The van der Waals surface area contributed by atoms with Crippen molar-refractivity contribution in [1.82, 2.24) is 9.80 Å². The van der Waals surface area contributed by atoms with E-state index in [2.05, 4.69) is 18.2 Å². The molecule has 3 aliphatic rings. The number of piperidine rings is 1. The molecule has 2 amide bonds. The number of carbonyl (C=O) groups excluding carboxylic acids is 3. The van der Waals surface area contributed by atoms with Gasteiger partial charge in [0.15, 0.2) is 5.78 Å². The van der Waals surface area contributed by atoms with Crippen LogP contribution in [0.1, 0.15) is 53.6 Å². The summed E-state index contributed by atoms with van der Waals surface area (Å²) in [5.41, 5.74) is 3.30. The van der Waals surface area contributed by atoms with Crippen molar-refractivity contribution in [2.75, 3.05) is 26.7 Å². The molecule has 2 aromatic carbocycles. The van der Waals surface area contributed by atoms with E-state index in [9.17, 15) is 14.4 Å². The number of hydrogen-bond acceptors (Lipinski definition) is 4. The molecule has 6 nitrogen and oxygen atoms in total. The summed E-state index contributed by atoms with van der Waals surface area (Å²) in [7, 11) is 1.59. The summed E-state index contributed by atoms with van der Waals surface area (Å²) in [5.74, 6) is 1.11. The number of Topliss-reactive ketones (excluding diaryl/α,β-unsaturated/α-hetero) is 1. The predicted octanol–water partition coefficient (Wildman–Crippen LogP) is 3.87. The maximum atomic E-state index is 13.2. The smallest absolute Gasteiger partial charge is 0.226 e. The minimum atomic E-state index is -0.0274. The van der Waals surface area contributed by atoms with Crippen molar-refractivity contribution in [2.45, 2.75) is 45.1 Å². The first-order chi connectivity index (χ1) is 16.5. The molecule has 0 aromatic heterocycles. The molecule has 2 aromatic rings. The molecular weight excluding hydrogens is 428 g/mol. The van der Waals surface area contributed by atoms with Crippen LogP contribution in [-0.2, 0) is 22.6 Å². The number of methoxy groups -OCH3 is 1. The Morgan fingerprint density at radius 2 is 1.62 bits per heavy atom. The first-order valence-electron chi connectivity index (χ1n) is 12.3. The zero-order valence-electron chi connectivity index (χ0n) is 19.8. The highest BCUT2D eigenvalue weighted by atomic mass is 16.5. The van der Waals surface area contributed by atoms with Gasteiger partial charge in [0.1, 0.15) is 5.75 Å². The molecule has 178 valence electrons. The van der Waals surface area contributed by atoms with Crippen LogP contribution in [0.3, 0.4) is 0 Å². The number of benzene rings is 2. The lowest BCUT2D eigenvalue weighted by molar-refractivity contribution is -0.135. The Morgan fingerprint density at radius 3 is 2.32 bits per heavy atom. The van der Waals surface area contributed by atoms with Gasteiger partial charge in [-0.3, -0.25) is 14.4 Å². The Morgan fingerprint density at radius 1 is 0.912 bits per heavy atom. The van der Waals surface area contributed by atoms with Crippen LogP contribution in [-0.4, -0.2) is 54.1 Å². The van der Waals surface area contributed by atoms with E-state index in [1.807, 2.05) is 15.9 Å². The number of ether oxygens (including phenoxy) is 1. The lowest BCUT2D eigenvalue weighted by Gasteiger charge is -2.34. The third kappa shape index (κ3) is 4.46. The van der Waals surface area contributed by atoms with Gasteiger partial charge in [0, 0.05) is 50.5 Å². The largest absolute Gasteiger partial charge is 0.497 e. The fourth-order valence-corrected chi connectivity index (χ4v) is 5.65. The highest BCUT2D eigenvalue weighted by molar-refractivity contribution is 5.98. The minimum absolute atomic E-state index is 0.0274. The van der Waals surface area contributed by atoms with Crippen LogP contribution >= 0.6 is 0 Å². The zero-order chi connectivity index (χ0) is 23.7. The molecule has 34 heavy (non-hydrogen) atoms. The number of rotatable bonds is 6. The van der Waals surface area contributed by atoms with Crippen molar-refractivity contribution in [2.24, 2.45) is 11.3 Å². The summed E-state index contributed by atoms with van der Waals surface area (Å²) in [5, 5.41) is 0. The van der Waals surface area contributed by atoms with Gasteiger partial charge in [0.25, 0.3) is 0 Å². The minimum Gasteiger partial charge on any atom is -0.497 e. The van der Waals surface area contributed by atoms with Gasteiger partial charge in [-0.2, -0.15) is 0 Å². The van der Waals surface area contributed by atoms with E-state index in [0.29, 0.717) is 36.9 Å².